The Bertz CT molecular complexity index is 359. The second-order valence-corrected chi connectivity index (χ2v) is 8.78. The van der Waals surface area contributed by atoms with Crippen LogP contribution >= 0.6 is 0 Å². The van der Waals surface area contributed by atoms with E-state index in [0.29, 0.717) is 6.61 Å². The first-order valence-corrected chi connectivity index (χ1v) is 13.1. The smallest absolute Gasteiger partial charge is 0.345 e. The average molecular weight is 429 g/mol. The third-order valence-corrected chi connectivity index (χ3v) is 5.85. The van der Waals surface area contributed by atoms with Gasteiger partial charge < -0.3 is 4.74 Å². The van der Waals surface area contributed by atoms with Gasteiger partial charge in [0.15, 0.2) is 6.29 Å². The maximum Gasteiger partial charge on any atom is 0.345 e. The largest absolute Gasteiger partial charge is 0.349 e. The van der Waals surface area contributed by atoms with Gasteiger partial charge in [0.2, 0.25) is 0 Å². The van der Waals surface area contributed by atoms with Crippen molar-refractivity contribution in [2.24, 2.45) is 5.92 Å². The molecule has 0 spiro atoms. The van der Waals surface area contributed by atoms with Gasteiger partial charge in [-0.2, -0.15) is 4.89 Å². The zero-order valence-corrected chi connectivity index (χ0v) is 20.7. The highest BCUT2D eigenvalue weighted by Gasteiger charge is 2.20. The van der Waals surface area contributed by atoms with E-state index in [1.54, 1.807) is 6.92 Å². The van der Waals surface area contributed by atoms with Crippen LogP contribution < -0.4 is 0 Å². The van der Waals surface area contributed by atoms with E-state index in [9.17, 15) is 4.79 Å². The molecule has 0 aliphatic carbocycles. The predicted octanol–water partition coefficient (Wildman–Crippen LogP) is 8.52. The summed E-state index contributed by atoms with van der Waals surface area (Å²) in [7, 11) is 0. The molecular formula is C26H52O4. The van der Waals surface area contributed by atoms with E-state index in [-0.39, 0.29) is 11.9 Å². The van der Waals surface area contributed by atoms with Gasteiger partial charge in [-0.1, -0.05) is 117 Å². The van der Waals surface area contributed by atoms with Crippen LogP contribution in [-0.2, 0) is 19.3 Å². The van der Waals surface area contributed by atoms with Crippen molar-refractivity contribution >= 4 is 5.97 Å². The summed E-state index contributed by atoms with van der Waals surface area (Å²) in [5.74, 6) is -0.316. The van der Waals surface area contributed by atoms with Crippen molar-refractivity contribution in [2.75, 3.05) is 6.61 Å². The van der Waals surface area contributed by atoms with Crippen molar-refractivity contribution in [3.05, 3.63) is 0 Å². The Kier molecular flexibility index (Phi) is 22.6. The fourth-order valence-electron chi connectivity index (χ4n) is 3.68. The van der Waals surface area contributed by atoms with Gasteiger partial charge in [-0.3, -0.25) is 4.89 Å². The molecule has 0 amide bonds. The fraction of sp³-hybridized carbons (Fsp3) is 0.962. The molecule has 30 heavy (non-hydrogen) atoms. The molecule has 2 atom stereocenters. The van der Waals surface area contributed by atoms with Gasteiger partial charge in [0.05, 0.1) is 5.92 Å². The van der Waals surface area contributed by atoms with Gasteiger partial charge in [-0.25, -0.2) is 4.79 Å². The topological polar surface area (TPSA) is 44.8 Å². The van der Waals surface area contributed by atoms with Gasteiger partial charge in [0, 0.05) is 6.61 Å². The minimum Gasteiger partial charge on any atom is -0.349 e. The van der Waals surface area contributed by atoms with Crippen LogP contribution in [0.1, 0.15) is 143 Å². The number of unbranched alkanes of at least 4 members (excludes halogenated alkanes) is 14. The zero-order valence-electron chi connectivity index (χ0n) is 20.7. The highest BCUT2D eigenvalue weighted by Crippen LogP contribution is 2.18. The lowest BCUT2D eigenvalue weighted by molar-refractivity contribution is -0.349. The molecular weight excluding hydrogens is 376 g/mol. The van der Waals surface area contributed by atoms with Crippen LogP contribution in [0.25, 0.3) is 0 Å². The summed E-state index contributed by atoms with van der Waals surface area (Å²) >= 11 is 0. The molecule has 0 saturated heterocycles. The van der Waals surface area contributed by atoms with E-state index >= 15 is 0 Å². The molecule has 0 aromatic rings. The van der Waals surface area contributed by atoms with E-state index in [1.807, 2.05) is 6.92 Å². The van der Waals surface area contributed by atoms with Gasteiger partial charge in [-0.15, -0.1) is 0 Å². The minimum absolute atomic E-state index is 0.0647. The SMILES string of the molecule is CCCCCCCCCCCCCCCCC(CC)C(=O)OOC(C)OCCCC. The first kappa shape index (κ1) is 29.4. The molecule has 0 aromatic heterocycles. The van der Waals surface area contributed by atoms with Crippen LogP contribution in [0.15, 0.2) is 0 Å². The summed E-state index contributed by atoms with van der Waals surface area (Å²) < 4.78 is 5.43. The molecule has 180 valence electrons. The lowest BCUT2D eigenvalue weighted by atomic mass is 9.98. The molecule has 0 heterocycles. The number of carbonyl (C=O) groups excluding carboxylic acids is 1. The molecule has 0 aliphatic rings. The lowest BCUT2D eigenvalue weighted by Crippen LogP contribution is -2.22. The molecule has 0 N–H and O–H groups in total. The second kappa shape index (κ2) is 23.1. The molecule has 4 heteroatoms. The monoisotopic (exact) mass is 428 g/mol. The molecule has 0 bridgehead atoms. The molecule has 0 aromatic carbocycles. The summed E-state index contributed by atoms with van der Waals surface area (Å²) in [6.45, 7) is 8.82. The van der Waals surface area contributed by atoms with Gasteiger partial charge in [0.1, 0.15) is 0 Å². The standard InChI is InChI=1S/C26H52O4/c1-5-8-10-11-12-13-14-15-16-17-18-19-20-21-22-25(7-3)26(27)30-29-24(4)28-23-9-6-2/h24-25H,5-23H2,1-4H3. The van der Waals surface area contributed by atoms with E-state index in [0.717, 1.165) is 32.1 Å². The van der Waals surface area contributed by atoms with Crippen LogP contribution in [0.4, 0.5) is 0 Å². The van der Waals surface area contributed by atoms with Gasteiger partial charge >= 0.3 is 5.97 Å². The Morgan fingerprint density at radius 1 is 0.667 bits per heavy atom. The summed E-state index contributed by atoms with van der Waals surface area (Å²) in [5, 5.41) is 0. The molecule has 2 unspecified atom stereocenters. The van der Waals surface area contributed by atoms with Crippen LogP contribution in [0.3, 0.4) is 0 Å². The summed E-state index contributed by atoms with van der Waals surface area (Å²) in [4.78, 5) is 22.2. The Morgan fingerprint density at radius 3 is 1.60 bits per heavy atom. The molecule has 0 aliphatic heterocycles. The summed E-state index contributed by atoms with van der Waals surface area (Å²) in [5.41, 5.74) is 0. The first-order chi connectivity index (χ1) is 14.7. The molecule has 0 radical (unpaired) electrons. The van der Waals surface area contributed by atoms with Crippen molar-refractivity contribution < 1.29 is 19.3 Å². The molecule has 4 nitrogen and oxygen atoms in total. The fourth-order valence-corrected chi connectivity index (χ4v) is 3.68. The maximum absolute atomic E-state index is 12.2. The normalized spacial score (nSPS) is 13.3. The summed E-state index contributed by atoms with van der Waals surface area (Å²) in [6.07, 6.45) is 22.2. The number of hydrogen-bond acceptors (Lipinski definition) is 4. The third kappa shape index (κ3) is 19.4. The molecule has 0 saturated carbocycles. The van der Waals surface area contributed by atoms with Crippen molar-refractivity contribution in [3.63, 3.8) is 0 Å². The Labute approximate surface area is 187 Å². The molecule has 0 rings (SSSR count). The molecule has 0 fully saturated rings. The Hall–Kier alpha value is -0.610. The van der Waals surface area contributed by atoms with Crippen LogP contribution in [0.5, 0.6) is 0 Å². The highest BCUT2D eigenvalue weighted by atomic mass is 17.2. The minimum atomic E-state index is -0.501. The van der Waals surface area contributed by atoms with Crippen LogP contribution in [0.2, 0.25) is 0 Å². The number of hydrogen-bond donors (Lipinski definition) is 0. The Balaban J connectivity index is 3.52. The third-order valence-electron chi connectivity index (χ3n) is 5.85. The van der Waals surface area contributed by atoms with Crippen molar-refractivity contribution in [1.82, 2.24) is 0 Å². The van der Waals surface area contributed by atoms with Gasteiger partial charge in [-0.05, 0) is 26.2 Å². The van der Waals surface area contributed by atoms with Crippen molar-refractivity contribution in [2.45, 2.75) is 150 Å². The van der Waals surface area contributed by atoms with E-state index in [4.69, 9.17) is 14.5 Å². The van der Waals surface area contributed by atoms with Crippen molar-refractivity contribution in [1.29, 1.82) is 0 Å². The predicted molar refractivity (Wildman–Crippen MR) is 126 cm³/mol. The van der Waals surface area contributed by atoms with Crippen molar-refractivity contribution in [3.8, 4) is 0 Å². The summed E-state index contributed by atoms with van der Waals surface area (Å²) in [6, 6.07) is 0. The number of carbonyl (C=O) groups is 1. The zero-order chi connectivity index (χ0) is 22.3. The lowest BCUT2D eigenvalue weighted by Gasteiger charge is -2.16. The average Bonchev–Trinajstić information content (AvgIpc) is 2.75. The van der Waals surface area contributed by atoms with Gasteiger partial charge in [0.25, 0.3) is 0 Å². The highest BCUT2D eigenvalue weighted by molar-refractivity contribution is 5.71. The quantitative estimate of drug-likeness (QED) is 0.0708. The second-order valence-electron chi connectivity index (χ2n) is 8.78. The van der Waals surface area contributed by atoms with E-state index in [1.165, 1.54) is 83.5 Å². The maximum atomic E-state index is 12.2. The van der Waals surface area contributed by atoms with Crippen LogP contribution in [0, 0.1) is 5.92 Å². The number of rotatable bonds is 23. The van der Waals surface area contributed by atoms with E-state index < -0.39 is 6.29 Å². The Morgan fingerprint density at radius 2 is 1.13 bits per heavy atom. The van der Waals surface area contributed by atoms with Crippen LogP contribution in [-0.4, -0.2) is 18.9 Å². The number of ether oxygens (including phenoxy) is 1. The first-order valence-electron chi connectivity index (χ1n) is 13.1. The van der Waals surface area contributed by atoms with E-state index in [2.05, 4.69) is 13.8 Å².